The van der Waals surface area contributed by atoms with Gasteiger partial charge < -0.3 is 4.90 Å². The number of hydrogen-bond donors (Lipinski definition) is 0. The smallest absolute Gasteiger partial charge is 0.128 e. The fraction of sp³-hybridized carbons (Fsp3) is 0.389. The molecule has 22 heavy (non-hydrogen) atoms. The Kier molecular flexibility index (Phi) is 4.96. The highest BCUT2D eigenvalue weighted by Crippen LogP contribution is 2.16. The van der Waals surface area contributed by atoms with Gasteiger partial charge in [0, 0.05) is 43.4 Å². The van der Waals surface area contributed by atoms with Crippen LogP contribution in [-0.2, 0) is 6.54 Å². The van der Waals surface area contributed by atoms with E-state index in [1.54, 1.807) is 0 Å². The Labute approximate surface area is 137 Å². The van der Waals surface area contributed by atoms with Gasteiger partial charge >= 0.3 is 0 Å². The lowest BCUT2D eigenvalue weighted by Gasteiger charge is -2.23. The highest BCUT2D eigenvalue weighted by atomic mass is 35.5. The summed E-state index contributed by atoms with van der Waals surface area (Å²) >= 11 is 5.95. The van der Waals surface area contributed by atoms with Crippen LogP contribution in [0.2, 0.25) is 5.02 Å². The molecule has 3 rings (SSSR count). The summed E-state index contributed by atoms with van der Waals surface area (Å²) in [5, 5.41) is 0.802. The Balaban J connectivity index is 1.61. The molecular formula is C18H22ClN3. The van der Waals surface area contributed by atoms with Crippen LogP contribution >= 0.6 is 11.6 Å². The van der Waals surface area contributed by atoms with Crippen LogP contribution in [0.5, 0.6) is 0 Å². The van der Waals surface area contributed by atoms with Crippen LogP contribution < -0.4 is 4.90 Å². The van der Waals surface area contributed by atoms with E-state index < -0.39 is 0 Å². The van der Waals surface area contributed by atoms with E-state index in [1.165, 1.54) is 12.0 Å². The summed E-state index contributed by atoms with van der Waals surface area (Å²) in [7, 11) is 0. The summed E-state index contributed by atoms with van der Waals surface area (Å²) in [6.45, 7) is 7.35. The fourth-order valence-corrected chi connectivity index (χ4v) is 3.04. The lowest BCUT2D eigenvalue weighted by atomic mass is 10.2. The molecule has 0 spiro atoms. The molecule has 1 saturated heterocycles. The number of benzene rings is 1. The third-order valence-electron chi connectivity index (χ3n) is 4.11. The lowest BCUT2D eigenvalue weighted by molar-refractivity contribution is 0.285. The molecule has 0 radical (unpaired) electrons. The Morgan fingerprint density at radius 1 is 1.00 bits per heavy atom. The van der Waals surface area contributed by atoms with Gasteiger partial charge in [0.05, 0.1) is 0 Å². The van der Waals surface area contributed by atoms with Gasteiger partial charge in [0.25, 0.3) is 0 Å². The standard InChI is InChI=1S/C18H22ClN3/c1-15-4-2-5-18(20-15)22-11-3-10-21(12-13-22)14-16-6-8-17(19)9-7-16/h2,4-9H,3,10-14H2,1H3. The zero-order valence-corrected chi connectivity index (χ0v) is 13.8. The van der Waals surface area contributed by atoms with E-state index in [0.29, 0.717) is 0 Å². The highest BCUT2D eigenvalue weighted by molar-refractivity contribution is 6.30. The lowest BCUT2D eigenvalue weighted by Crippen LogP contribution is -2.31. The molecule has 0 aliphatic carbocycles. The Bertz CT molecular complexity index is 612. The van der Waals surface area contributed by atoms with Crippen molar-refractivity contribution < 1.29 is 0 Å². The first kappa shape index (κ1) is 15.3. The normalized spacial score (nSPS) is 16.5. The number of pyridine rings is 1. The van der Waals surface area contributed by atoms with Crippen LogP contribution in [0.1, 0.15) is 17.7 Å². The summed E-state index contributed by atoms with van der Waals surface area (Å²) in [6.07, 6.45) is 1.17. The third kappa shape index (κ3) is 3.99. The monoisotopic (exact) mass is 315 g/mol. The van der Waals surface area contributed by atoms with Crippen molar-refractivity contribution in [1.82, 2.24) is 9.88 Å². The van der Waals surface area contributed by atoms with Crippen LogP contribution in [0.4, 0.5) is 5.82 Å². The minimum absolute atomic E-state index is 0.802. The second-order valence-electron chi connectivity index (χ2n) is 5.88. The van der Waals surface area contributed by atoms with Gasteiger partial charge in [-0.25, -0.2) is 4.98 Å². The van der Waals surface area contributed by atoms with Gasteiger partial charge in [-0.1, -0.05) is 29.8 Å². The van der Waals surface area contributed by atoms with Gasteiger partial charge in [-0.15, -0.1) is 0 Å². The summed E-state index contributed by atoms with van der Waals surface area (Å²) in [5.74, 6) is 1.10. The molecule has 116 valence electrons. The molecule has 1 aliphatic rings. The quantitative estimate of drug-likeness (QED) is 0.860. The van der Waals surface area contributed by atoms with Gasteiger partial charge in [-0.3, -0.25) is 4.90 Å². The molecule has 4 heteroatoms. The molecular weight excluding hydrogens is 294 g/mol. The molecule has 1 aromatic heterocycles. The Hall–Kier alpha value is -1.58. The van der Waals surface area contributed by atoms with E-state index in [1.807, 2.05) is 25.1 Å². The molecule has 0 atom stereocenters. The highest BCUT2D eigenvalue weighted by Gasteiger charge is 2.16. The minimum atomic E-state index is 0.802. The van der Waals surface area contributed by atoms with Crippen LogP contribution in [0.15, 0.2) is 42.5 Å². The maximum atomic E-state index is 5.95. The maximum absolute atomic E-state index is 5.95. The molecule has 1 aliphatic heterocycles. The second kappa shape index (κ2) is 7.12. The molecule has 1 aromatic carbocycles. The summed E-state index contributed by atoms with van der Waals surface area (Å²) in [6, 6.07) is 14.4. The number of halogens is 1. The van der Waals surface area contributed by atoms with Crippen molar-refractivity contribution in [3.63, 3.8) is 0 Å². The zero-order valence-electron chi connectivity index (χ0n) is 13.0. The van der Waals surface area contributed by atoms with Gasteiger partial charge in [-0.2, -0.15) is 0 Å². The zero-order chi connectivity index (χ0) is 15.4. The summed E-state index contributed by atoms with van der Waals surface area (Å²) < 4.78 is 0. The largest absolute Gasteiger partial charge is 0.355 e. The number of hydrogen-bond acceptors (Lipinski definition) is 3. The third-order valence-corrected chi connectivity index (χ3v) is 4.36. The minimum Gasteiger partial charge on any atom is -0.355 e. The second-order valence-corrected chi connectivity index (χ2v) is 6.32. The molecule has 0 saturated carbocycles. The SMILES string of the molecule is Cc1cccc(N2CCCN(Cc3ccc(Cl)cc3)CC2)n1. The maximum Gasteiger partial charge on any atom is 0.128 e. The van der Waals surface area contributed by atoms with Crippen molar-refractivity contribution in [1.29, 1.82) is 0 Å². The van der Waals surface area contributed by atoms with Crippen molar-refractivity contribution in [2.45, 2.75) is 19.9 Å². The fourth-order valence-electron chi connectivity index (χ4n) is 2.91. The average Bonchev–Trinajstić information content (AvgIpc) is 2.75. The summed E-state index contributed by atoms with van der Waals surface area (Å²) in [4.78, 5) is 9.56. The van der Waals surface area contributed by atoms with Crippen molar-refractivity contribution in [2.75, 3.05) is 31.1 Å². The molecule has 0 amide bonds. The Morgan fingerprint density at radius 2 is 1.82 bits per heavy atom. The van der Waals surface area contributed by atoms with E-state index in [4.69, 9.17) is 11.6 Å². The van der Waals surface area contributed by atoms with Crippen LogP contribution in [0.25, 0.3) is 0 Å². The van der Waals surface area contributed by atoms with Crippen molar-refractivity contribution >= 4 is 17.4 Å². The molecule has 0 bridgehead atoms. The van der Waals surface area contributed by atoms with Crippen LogP contribution in [-0.4, -0.2) is 36.1 Å². The molecule has 0 unspecified atom stereocenters. The van der Waals surface area contributed by atoms with Gasteiger partial charge in [-0.05, 0) is 43.2 Å². The van der Waals surface area contributed by atoms with E-state index in [-0.39, 0.29) is 0 Å². The van der Waals surface area contributed by atoms with Gasteiger partial charge in [0.2, 0.25) is 0 Å². The van der Waals surface area contributed by atoms with Crippen LogP contribution in [0, 0.1) is 6.92 Å². The Morgan fingerprint density at radius 3 is 2.59 bits per heavy atom. The van der Waals surface area contributed by atoms with Gasteiger partial charge in [0.1, 0.15) is 5.82 Å². The first-order valence-electron chi connectivity index (χ1n) is 7.86. The van der Waals surface area contributed by atoms with Gasteiger partial charge in [0.15, 0.2) is 0 Å². The van der Waals surface area contributed by atoms with Crippen molar-refractivity contribution in [3.8, 4) is 0 Å². The first-order chi connectivity index (χ1) is 10.7. The van der Waals surface area contributed by atoms with Crippen molar-refractivity contribution in [3.05, 3.63) is 58.7 Å². The predicted octanol–water partition coefficient (Wildman–Crippen LogP) is 3.76. The number of nitrogens with zero attached hydrogens (tertiary/aromatic N) is 3. The number of anilines is 1. The molecule has 0 N–H and O–H groups in total. The molecule has 2 heterocycles. The number of aromatic nitrogens is 1. The number of aryl methyl sites for hydroxylation is 1. The van der Waals surface area contributed by atoms with E-state index in [2.05, 4.69) is 39.0 Å². The molecule has 1 fully saturated rings. The molecule has 3 nitrogen and oxygen atoms in total. The predicted molar refractivity (Wildman–Crippen MR) is 92.5 cm³/mol. The first-order valence-corrected chi connectivity index (χ1v) is 8.24. The van der Waals surface area contributed by atoms with E-state index in [0.717, 1.165) is 49.3 Å². The molecule has 2 aromatic rings. The van der Waals surface area contributed by atoms with E-state index in [9.17, 15) is 0 Å². The van der Waals surface area contributed by atoms with E-state index >= 15 is 0 Å². The summed E-state index contributed by atoms with van der Waals surface area (Å²) in [5.41, 5.74) is 2.41. The topological polar surface area (TPSA) is 19.4 Å². The van der Waals surface area contributed by atoms with Crippen LogP contribution in [0.3, 0.4) is 0 Å². The van der Waals surface area contributed by atoms with Crippen molar-refractivity contribution in [2.24, 2.45) is 0 Å². The average molecular weight is 316 g/mol. The number of rotatable bonds is 3.